The van der Waals surface area contributed by atoms with E-state index in [0.717, 1.165) is 5.57 Å². The van der Waals surface area contributed by atoms with Crippen molar-refractivity contribution in [1.29, 1.82) is 5.26 Å². The van der Waals surface area contributed by atoms with Gasteiger partial charge >= 0.3 is 6.09 Å². The van der Waals surface area contributed by atoms with Crippen LogP contribution in [0.3, 0.4) is 0 Å². The van der Waals surface area contributed by atoms with Gasteiger partial charge in [-0.25, -0.2) is 4.79 Å². The van der Waals surface area contributed by atoms with Crippen molar-refractivity contribution in [2.24, 2.45) is 0 Å². The summed E-state index contributed by atoms with van der Waals surface area (Å²) in [6, 6.07) is 7.38. The van der Waals surface area contributed by atoms with Gasteiger partial charge < -0.3 is 9.16 Å². The molecular weight excluding hydrogens is 448 g/mol. The molecule has 0 saturated heterocycles. The van der Waals surface area contributed by atoms with Crippen molar-refractivity contribution in [3.8, 4) is 6.07 Å². The van der Waals surface area contributed by atoms with Crippen molar-refractivity contribution in [3.63, 3.8) is 0 Å². The molecule has 7 heteroatoms. The molecule has 0 aliphatic carbocycles. The van der Waals surface area contributed by atoms with E-state index >= 15 is 0 Å². The van der Waals surface area contributed by atoms with E-state index in [1.165, 1.54) is 4.90 Å². The minimum absolute atomic E-state index is 0.0779. The molecule has 0 aromatic heterocycles. The predicted octanol–water partition coefficient (Wildman–Crippen LogP) is 6.64. The lowest BCUT2D eigenvalue weighted by atomic mass is 10.1. The Kier molecular flexibility index (Phi) is 8.29. The third-order valence-corrected chi connectivity index (χ3v) is 9.93. The Morgan fingerprint density at radius 2 is 1.83 bits per heavy atom. The highest BCUT2D eigenvalue weighted by Gasteiger charge is 2.37. The normalized spacial score (nSPS) is 12.3. The maximum Gasteiger partial charge on any atom is 0.415 e. The number of nitriles is 1. The molecule has 0 saturated carbocycles. The van der Waals surface area contributed by atoms with Crippen molar-refractivity contribution in [2.75, 3.05) is 18.1 Å². The number of para-hydroxylation sites is 1. The van der Waals surface area contributed by atoms with Gasteiger partial charge in [0, 0.05) is 4.47 Å². The number of hydrogen-bond acceptors (Lipinski definition) is 4. The molecular formula is C22H33BrN2O3Si. The van der Waals surface area contributed by atoms with Crippen LogP contribution in [0.25, 0.3) is 0 Å². The van der Waals surface area contributed by atoms with Crippen LogP contribution in [0.2, 0.25) is 18.1 Å². The number of halogens is 1. The summed E-state index contributed by atoms with van der Waals surface area (Å²) in [5.74, 6) is 0. The molecule has 0 fully saturated rings. The Morgan fingerprint density at radius 1 is 1.24 bits per heavy atom. The maximum absolute atomic E-state index is 13.0. The summed E-state index contributed by atoms with van der Waals surface area (Å²) in [5.41, 5.74) is 0.920. The number of anilines is 1. The number of carbonyl (C=O) groups excluding carboxylic acids is 1. The van der Waals surface area contributed by atoms with Crippen LogP contribution in [0.5, 0.6) is 0 Å². The lowest BCUT2D eigenvalue weighted by molar-refractivity contribution is 0.0582. The van der Waals surface area contributed by atoms with Gasteiger partial charge in [-0.15, -0.1) is 0 Å². The van der Waals surface area contributed by atoms with Gasteiger partial charge in [0.25, 0.3) is 0 Å². The SMILES string of the molecule is C=C(CO[Si](C)(C)C(C)(C)C)CN(C(=O)OC(C)(C)C)c1c(Br)cccc1C#N. The Morgan fingerprint density at radius 3 is 2.31 bits per heavy atom. The second-order valence-corrected chi connectivity index (χ2v) is 15.3. The fraction of sp³-hybridized carbons (Fsp3) is 0.545. The highest BCUT2D eigenvalue weighted by molar-refractivity contribution is 9.10. The topological polar surface area (TPSA) is 62.6 Å². The van der Waals surface area contributed by atoms with Crippen LogP contribution in [-0.4, -0.2) is 33.2 Å². The van der Waals surface area contributed by atoms with Crippen molar-refractivity contribution < 1.29 is 14.0 Å². The fourth-order valence-corrected chi connectivity index (χ4v) is 3.78. The number of carbonyl (C=O) groups is 1. The Labute approximate surface area is 184 Å². The molecule has 0 aliphatic heterocycles. The zero-order chi connectivity index (χ0) is 22.6. The third-order valence-electron chi connectivity index (χ3n) is 4.82. The summed E-state index contributed by atoms with van der Waals surface area (Å²) in [7, 11) is -1.95. The monoisotopic (exact) mass is 480 g/mol. The molecule has 0 bridgehead atoms. The lowest BCUT2D eigenvalue weighted by Gasteiger charge is -2.36. The van der Waals surface area contributed by atoms with Gasteiger partial charge in [-0.1, -0.05) is 33.4 Å². The van der Waals surface area contributed by atoms with Crippen LogP contribution < -0.4 is 4.90 Å². The first kappa shape index (κ1) is 25.4. The summed E-state index contributed by atoms with van der Waals surface area (Å²) >= 11 is 3.47. The Bertz CT molecular complexity index is 802. The van der Waals surface area contributed by atoms with Crippen LogP contribution in [-0.2, 0) is 9.16 Å². The van der Waals surface area contributed by atoms with Gasteiger partial charge in [0.15, 0.2) is 8.32 Å². The number of ether oxygens (including phenoxy) is 1. The first-order valence-electron chi connectivity index (χ1n) is 9.59. The smallest absolute Gasteiger partial charge is 0.415 e. The van der Waals surface area contributed by atoms with E-state index < -0.39 is 20.0 Å². The van der Waals surface area contributed by atoms with Crippen LogP contribution in [0, 0.1) is 11.3 Å². The first-order valence-corrected chi connectivity index (χ1v) is 13.3. The molecule has 160 valence electrons. The van der Waals surface area contributed by atoms with Gasteiger partial charge in [-0.05, 0) is 72.5 Å². The minimum atomic E-state index is -1.95. The van der Waals surface area contributed by atoms with E-state index in [4.69, 9.17) is 9.16 Å². The summed E-state index contributed by atoms with van der Waals surface area (Å²) < 4.78 is 12.5. The minimum Gasteiger partial charge on any atom is -0.443 e. The molecule has 1 aromatic rings. The van der Waals surface area contributed by atoms with E-state index in [-0.39, 0.29) is 11.6 Å². The number of benzene rings is 1. The van der Waals surface area contributed by atoms with Crippen LogP contribution in [0.1, 0.15) is 47.1 Å². The van der Waals surface area contributed by atoms with Crippen molar-refractivity contribution in [1.82, 2.24) is 0 Å². The molecule has 0 aliphatic rings. The largest absolute Gasteiger partial charge is 0.443 e. The molecule has 0 unspecified atom stereocenters. The van der Waals surface area contributed by atoms with Gasteiger partial charge in [-0.3, -0.25) is 4.90 Å². The van der Waals surface area contributed by atoms with Gasteiger partial charge in [0.05, 0.1) is 24.4 Å². The number of nitrogens with zero attached hydrogens (tertiary/aromatic N) is 2. The highest BCUT2D eigenvalue weighted by atomic mass is 79.9. The number of amides is 1. The number of rotatable bonds is 6. The first-order chi connectivity index (χ1) is 13.1. The third kappa shape index (κ3) is 7.29. The zero-order valence-electron chi connectivity index (χ0n) is 18.9. The van der Waals surface area contributed by atoms with Crippen molar-refractivity contribution in [2.45, 2.75) is 65.3 Å². The Balaban J connectivity index is 3.16. The van der Waals surface area contributed by atoms with Gasteiger partial charge in [0.1, 0.15) is 11.7 Å². The van der Waals surface area contributed by atoms with Crippen LogP contribution in [0.15, 0.2) is 34.8 Å². The second kappa shape index (κ2) is 9.46. The van der Waals surface area contributed by atoms with Crippen molar-refractivity contribution in [3.05, 3.63) is 40.4 Å². The van der Waals surface area contributed by atoms with E-state index in [9.17, 15) is 10.1 Å². The summed E-state index contributed by atoms with van der Waals surface area (Å²) in [6.07, 6.45) is -0.533. The van der Waals surface area contributed by atoms with Crippen molar-refractivity contribution >= 4 is 36.0 Å². The molecule has 1 aromatic carbocycles. The van der Waals surface area contributed by atoms with E-state index in [1.807, 2.05) is 20.8 Å². The molecule has 0 N–H and O–H groups in total. The lowest BCUT2D eigenvalue weighted by Crippen LogP contribution is -2.42. The summed E-state index contributed by atoms with van der Waals surface area (Å²) in [6.45, 7) is 21.0. The fourth-order valence-electron chi connectivity index (χ4n) is 2.20. The average molecular weight is 482 g/mol. The van der Waals surface area contributed by atoms with E-state index in [1.54, 1.807) is 18.2 Å². The average Bonchev–Trinajstić information content (AvgIpc) is 2.55. The summed E-state index contributed by atoms with van der Waals surface area (Å²) in [5, 5.41) is 9.63. The second-order valence-electron chi connectivity index (χ2n) is 9.61. The predicted molar refractivity (Wildman–Crippen MR) is 125 cm³/mol. The van der Waals surface area contributed by atoms with Crippen LogP contribution >= 0.6 is 15.9 Å². The van der Waals surface area contributed by atoms with Gasteiger partial charge in [-0.2, -0.15) is 5.26 Å². The molecule has 1 amide bonds. The maximum atomic E-state index is 13.0. The van der Waals surface area contributed by atoms with Gasteiger partial charge in [0.2, 0.25) is 0 Å². The quantitative estimate of drug-likeness (QED) is 0.338. The molecule has 5 nitrogen and oxygen atoms in total. The molecule has 1 rings (SSSR count). The van der Waals surface area contributed by atoms with Crippen LogP contribution in [0.4, 0.5) is 10.5 Å². The molecule has 0 atom stereocenters. The molecule has 29 heavy (non-hydrogen) atoms. The standard InChI is InChI=1S/C22H33BrN2O3Si/c1-16(15-27-29(8,9)22(5,6)7)14-25(20(26)28-21(2,3)4)19-17(13-24)11-10-12-18(19)23/h10-12H,1,14-15H2,2-9H3. The number of hydrogen-bond donors (Lipinski definition) is 0. The zero-order valence-corrected chi connectivity index (χ0v) is 21.4. The van der Waals surface area contributed by atoms with E-state index in [2.05, 4.69) is 62.4 Å². The highest BCUT2D eigenvalue weighted by Crippen LogP contribution is 2.37. The summed E-state index contributed by atoms with van der Waals surface area (Å²) in [4.78, 5) is 14.4. The Hall–Kier alpha value is -1.62. The molecule has 0 heterocycles. The molecule has 0 radical (unpaired) electrons. The van der Waals surface area contributed by atoms with E-state index in [0.29, 0.717) is 22.3 Å². The molecule has 0 spiro atoms.